The highest BCUT2D eigenvalue weighted by atomic mass is 16.5. The van der Waals surface area contributed by atoms with Gasteiger partial charge in [-0.2, -0.15) is 0 Å². The number of hydrogen-bond donors (Lipinski definition) is 3. The fraction of sp³-hybridized carbons (Fsp3) is 0.533. The van der Waals surface area contributed by atoms with Crippen LogP contribution in [0, 0.1) is 0 Å². The quantitative estimate of drug-likeness (QED) is 0.629. The Balaban J connectivity index is 2.11. The number of carbonyl (C=O) groups excluding carboxylic acids is 1. The average Bonchev–Trinajstić information content (AvgIpc) is 2.43. The van der Waals surface area contributed by atoms with Gasteiger partial charge in [0.05, 0.1) is 13.2 Å². The normalized spacial score (nSPS) is 13.6. The molecule has 0 fully saturated rings. The Morgan fingerprint density at radius 1 is 1.30 bits per heavy atom. The van der Waals surface area contributed by atoms with Gasteiger partial charge in [-0.3, -0.25) is 0 Å². The fourth-order valence-electron chi connectivity index (χ4n) is 1.83. The molecule has 0 aliphatic carbocycles. The van der Waals surface area contributed by atoms with E-state index in [4.69, 9.17) is 4.74 Å². The number of hydrogen-bond acceptors (Lipinski definition) is 3. The van der Waals surface area contributed by atoms with Crippen LogP contribution < -0.4 is 10.6 Å². The largest absolute Gasteiger partial charge is 0.386 e. The zero-order chi connectivity index (χ0) is 14.8. The molecule has 0 bridgehead atoms. The van der Waals surface area contributed by atoms with E-state index in [-0.39, 0.29) is 19.2 Å². The summed E-state index contributed by atoms with van der Waals surface area (Å²) in [6.07, 6.45) is 1.81. The third kappa shape index (κ3) is 7.11. The highest BCUT2D eigenvalue weighted by Gasteiger charge is 2.20. The molecule has 1 unspecified atom stereocenters. The summed E-state index contributed by atoms with van der Waals surface area (Å²) in [4.78, 5) is 11.5. The van der Waals surface area contributed by atoms with Gasteiger partial charge in [0.2, 0.25) is 0 Å². The molecule has 1 aromatic carbocycles. The second kappa shape index (κ2) is 8.55. The van der Waals surface area contributed by atoms with Gasteiger partial charge in [0.15, 0.2) is 0 Å². The molecule has 3 N–H and O–H groups in total. The van der Waals surface area contributed by atoms with Crippen molar-refractivity contribution in [1.29, 1.82) is 0 Å². The Morgan fingerprint density at radius 2 is 2.00 bits per heavy atom. The van der Waals surface area contributed by atoms with Crippen LogP contribution in [0.15, 0.2) is 30.3 Å². The highest BCUT2D eigenvalue weighted by Crippen LogP contribution is 2.02. The Hall–Kier alpha value is -1.59. The van der Waals surface area contributed by atoms with E-state index in [9.17, 15) is 9.90 Å². The van der Waals surface area contributed by atoms with Crippen molar-refractivity contribution >= 4 is 6.03 Å². The topological polar surface area (TPSA) is 70.6 Å². The molecule has 0 aliphatic rings. The maximum absolute atomic E-state index is 11.5. The van der Waals surface area contributed by atoms with Gasteiger partial charge >= 0.3 is 6.03 Å². The molecule has 2 amide bonds. The average molecular weight is 280 g/mol. The molecule has 0 aromatic heterocycles. The van der Waals surface area contributed by atoms with Crippen LogP contribution in [0.4, 0.5) is 4.79 Å². The lowest BCUT2D eigenvalue weighted by Gasteiger charge is -2.22. The van der Waals surface area contributed by atoms with Crippen LogP contribution in [0.3, 0.4) is 0 Å². The minimum Gasteiger partial charge on any atom is -0.386 e. The molecular weight excluding hydrogens is 256 g/mol. The number of methoxy groups -OCH3 is 1. The number of benzene rings is 1. The van der Waals surface area contributed by atoms with E-state index in [2.05, 4.69) is 22.8 Å². The number of aryl methyl sites for hydroxylation is 1. The second-order valence-corrected chi connectivity index (χ2v) is 5.13. The standard InChI is InChI=1S/C15H24N2O3/c1-15(19,12-20-2)11-17-14(18)16-10-6-9-13-7-4-3-5-8-13/h3-5,7-8,19H,6,9-12H2,1-2H3,(H2,16,17,18). The summed E-state index contributed by atoms with van der Waals surface area (Å²) < 4.78 is 4.86. The van der Waals surface area contributed by atoms with Crippen LogP contribution in [0.2, 0.25) is 0 Å². The minimum absolute atomic E-state index is 0.158. The molecule has 20 heavy (non-hydrogen) atoms. The highest BCUT2D eigenvalue weighted by molar-refractivity contribution is 5.73. The lowest BCUT2D eigenvalue weighted by Crippen LogP contribution is -2.47. The zero-order valence-electron chi connectivity index (χ0n) is 12.2. The smallest absolute Gasteiger partial charge is 0.314 e. The first-order chi connectivity index (χ1) is 9.53. The van der Waals surface area contributed by atoms with Crippen molar-refractivity contribution in [1.82, 2.24) is 10.6 Å². The number of urea groups is 1. The first-order valence-corrected chi connectivity index (χ1v) is 6.80. The van der Waals surface area contributed by atoms with Crippen LogP contribution in [0.5, 0.6) is 0 Å². The van der Waals surface area contributed by atoms with Gasteiger partial charge in [0, 0.05) is 13.7 Å². The van der Waals surface area contributed by atoms with E-state index in [0.717, 1.165) is 12.8 Å². The van der Waals surface area contributed by atoms with E-state index in [0.29, 0.717) is 6.54 Å². The zero-order valence-corrected chi connectivity index (χ0v) is 12.2. The van der Waals surface area contributed by atoms with Gasteiger partial charge < -0.3 is 20.5 Å². The molecule has 0 aliphatic heterocycles. The Labute approximate surface area is 120 Å². The Bertz CT molecular complexity index is 393. The van der Waals surface area contributed by atoms with Crippen molar-refractivity contribution in [3.63, 3.8) is 0 Å². The molecule has 5 nitrogen and oxygen atoms in total. The molecule has 5 heteroatoms. The summed E-state index contributed by atoms with van der Waals surface area (Å²) in [6, 6.07) is 9.88. The van der Waals surface area contributed by atoms with Gasteiger partial charge in [0.1, 0.15) is 5.60 Å². The summed E-state index contributed by atoms with van der Waals surface area (Å²) in [7, 11) is 1.51. The fourth-order valence-corrected chi connectivity index (χ4v) is 1.83. The van der Waals surface area contributed by atoms with Crippen molar-refractivity contribution in [2.45, 2.75) is 25.4 Å². The molecule has 0 heterocycles. The second-order valence-electron chi connectivity index (χ2n) is 5.13. The summed E-state index contributed by atoms with van der Waals surface area (Å²) in [6.45, 7) is 2.56. The minimum atomic E-state index is -1.05. The van der Waals surface area contributed by atoms with E-state index in [1.165, 1.54) is 12.7 Å². The van der Waals surface area contributed by atoms with Crippen LogP contribution >= 0.6 is 0 Å². The molecule has 0 spiro atoms. The number of aliphatic hydroxyl groups is 1. The number of ether oxygens (including phenoxy) is 1. The van der Waals surface area contributed by atoms with Gasteiger partial charge in [0.25, 0.3) is 0 Å². The molecule has 1 atom stereocenters. The predicted octanol–water partition coefficient (Wildman–Crippen LogP) is 1.32. The molecule has 0 saturated heterocycles. The van der Waals surface area contributed by atoms with Crippen LogP contribution in [0.25, 0.3) is 0 Å². The molecule has 1 aromatic rings. The third-order valence-corrected chi connectivity index (χ3v) is 2.86. The van der Waals surface area contributed by atoms with E-state index in [1.807, 2.05) is 18.2 Å². The van der Waals surface area contributed by atoms with Crippen LogP contribution in [-0.2, 0) is 11.2 Å². The van der Waals surface area contributed by atoms with Crippen molar-refractivity contribution < 1.29 is 14.6 Å². The maximum Gasteiger partial charge on any atom is 0.314 e. The van der Waals surface area contributed by atoms with Crippen molar-refractivity contribution in [3.05, 3.63) is 35.9 Å². The number of carbonyl (C=O) groups is 1. The SMILES string of the molecule is COCC(C)(O)CNC(=O)NCCCc1ccccc1. The maximum atomic E-state index is 11.5. The third-order valence-electron chi connectivity index (χ3n) is 2.86. The van der Waals surface area contributed by atoms with Gasteiger partial charge in [-0.15, -0.1) is 0 Å². The molecule has 1 rings (SSSR count). The monoisotopic (exact) mass is 280 g/mol. The van der Waals surface area contributed by atoms with Crippen LogP contribution in [0.1, 0.15) is 18.9 Å². The van der Waals surface area contributed by atoms with Gasteiger partial charge in [-0.25, -0.2) is 4.79 Å². The summed E-state index contributed by atoms with van der Waals surface area (Å²) >= 11 is 0. The number of amides is 2. The Kier molecular flexibility index (Phi) is 7.04. The van der Waals surface area contributed by atoms with Crippen molar-refractivity contribution in [2.24, 2.45) is 0 Å². The number of nitrogens with one attached hydrogen (secondary N) is 2. The first kappa shape index (κ1) is 16.5. The molecule has 0 saturated carbocycles. The number of rotatable bonds is 8. The lowest BCUT2D eigenvalue weighted by atomic mass is 10.1. The Morgan fingerprint density at radius 3 is 2.65 bits per heavy atom. The molecule has 0 radical (unpaired) electrons. The van der Waals surface area contributed by atoms with E-state index in [1.54, 1.807) is 6.92 Å². The molecular formula is C15H24N2O3. The van der Waals surface area contributed by atoms with E-state index >= 15 is 0 Å². The predicted molar refractivity (Wildman–Crippen MR) is 78.7 cm³/mol. The summed E-state index contributed by atoms with van der Waals surface area (Å²) in [5.74, 6) is 0. The first-order valence-electron chi connectivity index (χ1n) is 6.80. The lowest BCUT2D eigenvalue weighted by molar-refractivity contribution is -0.0136. The summed E-state index contributed by atoms with van der Waals surface area (Å²) in [5, 5.41) is 15.2. The van der Waals surface area contributed by atoms with Gasteiger partial charge in [-0.1, -0.05) is 30.3 Å². The van der Waals surface area contributed by atoms with E-state index < -0.39 is 5.60 Å². The summed E-state index contributed by atoms with van der Waals surface area (Å²) in [5.41, 5.74) is 0.216. The van der Waals surface area contributed by atoms with Crippen molar-refractivity contribution in [2.75, 3.05) is 26.8 Å². The van der Waals surface area contributed by atoms with Gasteiger partial charge in [-0.05, 0) is 25.3 Å². The molecule has 112 valence electrons. The van der Waals surface area contributed by atoms with Crippen LogP contribution in [-0.4, -0.2) is 43.5 Å². The van der Waals surface area contributed by atoms with Crippen molar-refractivity contribution in [3.8, 4) is 0 Å².